The summed E-state index contributed by atoms with van der Waals surface area (Å²) in [5.41, 5.74) is 1.50. The first kappa shape index (κ1) is 15.7. The monoisotopic (exact) mass is 284 g/mol. The van der Waals surface area contributed by atoms with Crippen molar-refractivity contribution in [2.45, 2.75) is 39.5 Å². The summed E-state index contributed by atoms with van der Waals surface area (Å²) in [5.74, 6) is -0.179. The normalized spacial score (nSPS) is 12.3. The second-order valence-corrected chi connectivity index (χ2v) is 7.22. The molecule has 0 fully saturated rings. The van der Waals surface area contributed by atoms with Crippen LogP contribution in [0.15, 0.2) is 17.0 Å². The number of aryl methyl sites for hydroxylation is 1. The fourth-order valence-corrected chi connectivity index (χ4v) is 2.05. The molecule has 19 heavy (non-hydrogen) atoms. The number of hydrogen-bond acceptors (Lipinski definition) is 3. The van der Waals surface area contributed by atoms with Crippen molar-refractivity contribution in [1.82, 2.24) is 0 Å². The molecule has 0 atom stereocenters. The van der Waals surface area contributed by atoms with E-state index in [-0.39, 0.29) is 10.8 Å². The van der Waals surface area contributed by atoms with Crippen molar-refractivity contribution >= 4 is 21.6 Å². The van der Waals surface area contributed by atoms with Crippen LogP contribution in [0.5, 0.6) is 0 Å². The summed E-state index contributed by atoms with van der Waals surface area (Å²) in [6, 6.07) is 2.89. The third-order valence-corrected chi connectivity index (χ3v) is 3.79. The highest BCUT2D eigenvalue weighted by atomic mass is 32.2. The van der Waals surface area contributed by atoms with Crippen LogP contribution >= 0.6 is 0 Å². The Bertz CT molecular complexity index is 614. The number of sulfonamides is 1. The Morgan fingerprint density at radius 1 is 1.21 bits per heavy atom. The van der Waals surface area contributed by atoms with Gasteiger partial charge in [-0.3, -0.25) is 4.79 Å². The second-order valence-electron chi connectivity index (χ2n) is 5.66. The summed E-state index contributed by atoms with van der Waals surface area (Å²) in [7, 11) is -3.79. The maximum atomic E-state index is 12.0. The number of anilines is 1. The molecule has 0 saturated carbocycles. The lowest BCUT2D eigenvalue weighted by Crippen LogP contribution is -2.28. The standard InChI is InChI=1S/C13H20N2O3S/c1-8-6-10(19(14,17)18)7-11(9(8)2)15-12(16)13(3,4)5/h6-7H,1-5H3,(H,15,16)(H2,14,17,18). The number of benzene rings is 1. The van der Waals surface area contributed by atoms with E-state index < -0.39 is 15.4 Å². The molecule has 1 aromatic carbocycles. The Morgan fingerprint density at radius 3 is 2.16 bits per heavy atom. The molecule has 1 amide bonds. The van der Waals surface area contributed by atoms with Gasteiger partial charge in [0.2, 0.25) is 15.9 Å². The molecule has 0 unspecified atom stereocenters. The van der Waals surface area contributed by atoms with E-state index in [1.54, 1.807) is 27.7 Å². The number of nitrogens with two attached hydrogens (primary N) is 1. The molecule has 1 aromatic rings. The van der Waals surface area contributed by atoms with Gasteiger partial charge in [0.15, 0.2) is 0 Å². The molecular weight excluding hydrogens is 264 g/mol. The van der Waals surface area contributed by atoms with Crippen LogP contribution in [0, 0.1) is 19.3 Å². The van der Waals surface area contributed by atoms with Crippen LogP contribution < -0.4 is 10.5 Å². The van der Waals surface area contributed by atoms with E-state index in [4.69, 9.17) is 5.14 Å². The van der Waals surface area contributed by atoms with Crippen molar-refractivity contribution in [3.05, 3.63) is 23.3 Å². The molecule has 0 radical (unpaired) electrons. The third kappa shape index (κ3) is 3.78. The van der Waals surface area contributed by atoms with Crippen LogP contribution in [0.3, 0.4) is 0 Å². The topological polar surface area (TPSA) is 89.3 Å². The summed E-state index contributed by atoms with van der Waals surface area (Å²) in [5, 5.41) is 7.87. The quantitative estimate of drug-likeness (QED) is 0.869. The molecule has 0 aliphatic carbocycles. The summed E-state index contributed by atoms with van der Waals surface area (Å²) >= 11 is 0. The van der Waals surface area contributed by atoms with Gasteiger partial charge in [0.25, 0.3) is 0 Å². The minimum atomic E-state index is -3.79. The molecule has 3 N–H and O–H groups in total. The molecule has 0 heterocycles. The van der Waals surface area contributed by atoms with E-state index in [1.165, 1.54) is 12.1 Å². The Hall–Kier alpha value is -1.40. The van der Waals surface area contributed by atoms with E-state index in [2.05, 4.69) is 5.32 Å². The number of carbonyl (C=O) groups is 1. The van der Waals surface area contributed by atoms with Gasteiger partial charge in [-0.1, -0.05) is 20.8 Å². The lowest BCUT2D eigenvalue weighted by Gasteiger charge is -2.20. The van der Waals surface area contributed by atoms with Crippen LogP contribution in [0.2, 0.25) is 0 Å². The molecular formula is C13H20N2O3S. The number of hydrogen-bond donors (Lipinski definition) is 2. The van der Waals surface area contributed by atoms with E-state index in [0.717, 1.165) is 11.1 Å². The van der Waals surface area contributed by atoms with Crippen molar-refractivity contribution in [1.29, 1.82) is 0 Å². The molecule has 0 aliphatic heterocycles. The zero-order valence-electron chi connectivity index (χ0n) is 11.9. The minimum absolute atomic E-state index is 0.000177. The fourth-order valence-electron chi connectivity index (χ4n) is 1.43. The average Bonchev–Trinajstić information content (AvgIpc) is 2.21. The summed E-state index contributed by atoms with van der Waals surface area (Å²) in [4.78, 5) is 12.0. The molecule has 0 aromatic heterocycles. The van der Waals surface area contributed by atoms with Gasteiger partial charge >= 0.3 is 0 Å². The third-order valence-electron chi connectivity index (χ3n) is 2.90. The van der Waals surface area contributed by atoms with Gasteiger partial charge in [-0.15, -0.1) is 0 Å². The maximum Gasteiger partial charge on any atom is 0.238 e. The Labute approximate surface area is 114 Å². The number of amides is 1. The summed E-state index contributed by atoms with van der Waals surface area (Å²) < 4.78 is 22.8. The zero-order valence-corrected chi connectivity index (χ0v) is 12.7. The molecule has 106 valence electrons. The van der Waals surface area contributed by atoms with Crippen molar-refractivity contribution in [3.63, 3.8) is 0 Å². The van der Waals surface area contributed by atoms with Gasteiger partial charge in [-0.2, -0.15) is 0 Å². The van der Waals surface area contributed by atoms with E-state index >= 15 is 0 Å². The summed E-state index contributed by atoms with van der Waals surface area (Å²) in [6.07, 6.45) is 0. The second kappa shape index (κ2) is 4.94. The molecule has 0 aliphatic rings. The molecule has 0 saturated heterocycles. The lowest BCUT2D eigenvalue weighted by molar-refractivity contribution is -0.123. The Kier molecular flexibility index (Phi) is 4.07. The number of nitrogens with one attached hydrogen (secondary N) is 1. The van der Waals surface area contributed by atoms with E-state index in [0.29, 0.717) is 5.69 Å². The first-order chi connectivity index (χ1) is 8.43. The number of rotatable bonds is 2. The highest BCUT2D eigenvalue weighted by Crippen LogP contribution is 2.25. The van der Waals surface area contributed by atoms with Gasteiger partial charge in [0.1, 0.15) is 0 Å². The van der Waals surface area contributed by atoms with Crippen LogP contribution in [-0.2, 0) is 14.8 Å². The first-order valence-electron chi connectivity index (χ1n) is 5.88. The predicted octanol–water partition coefficient (Wildman–Crippen LogP) is 1.94. The molecule has 0 bridgehead atoms. The molecule has 1 rings (SSSR count). The maximum absolute atomic E-state index is 12.0. The molecule has 0 spiro atoms. The van der Waals surface area contributed by atoms with Crippen molar-refractivity contribution < 1.29 is 13.2 Å². The first-order valence-corrected chi connectivity index (χ1v) is 7.43. The average molecular weight is 284 g/mol. The van der Waals surface area contributed by atoms with Crippen molar-refractivity contribution in [2.24, 2.45) is 10.6 Å². The van der Waals surface area contributed by atoms with Crippen LogP contribution in [0.4, 0.5) is 5.69 Å². The largest absolute Gasteiger partial charge is 0.325 e. The molecule has 6 heteroatoms. The highest BCUT2D eigenvalue weighted by molar-refractivity contribution is 7.89. The van der Waals surface area contributed by atoms with Gasteiger partial charge in [-0.25, -0.2) is 13.6 Å². The summed E-state index contributed by atoms with van der Waals surface area (Å²) in [6.45, 7) is 8.95. The predicted molar refractivity (Wildman–Crippen MR) is 75.4 cm³/mol. The smallest absolute Gasteiger partial charge is 0.238 e. The van der Waals surface area contributed by atoms with Crippen molar-refractivity contribution in [2.75, 3.05) is 5.32 Å². The Morgan fingerprint density at radius 2 is 1.74 bits per heavy atom. The van der Waals surface area contributed by atoms with Crippen molar-refractivity contribution in [3.8, 4) is 0 Å². The highest BCUT2D eigenvalue weighted by Gasteiger charge is 2.22. The van der Waals surface area contributed by atoms with Crippen LogP contribution in [0.25, 0.3) is 0 Å². The van der Waals surface area contributed by atoms with Gasteiger partial charge in [-0.05, 0) is 37.1 Å². The van der Waals surface area contributed by atoms with E-state index in [9.17, 15) is 13.2 Å². The Balaban J connectivity index is 3.29. The fraction of sp³-hybridized carbons (Fsp3) is 0.462. The number of primary sulfonamides is 1. The van der Waals surface area contributed by atoms with Crippen LogP contribution in [-0.4, -0.2) is 14.3 Å². The molecule has 5 nitrogen and oxygen atoms in total. The van der Waals surface area contributed by atoms with Crippen LogP contribution in [0.1, 0.15) is 31.9 Å². The zero-order chi connectivity index (χ0) is 15.0. The SMILES string of the molecule is Cc1cc(S(N)(=O)=O)cc(NC(=O)C(C)(C)C)c1C. The number of carbonyl (C=O) groups excluding carboxylic acids is 1. The van der Waals surface area contributed by atoms with Gasteiger partial charge in [0.05, 0.1) is 4.90 Å². The van der Waals surface area contributed by atoms with Gasteiger partial charge in [0, 0.05) is 11.1 Å². The lowest BCUT2D eigenvalue weighted by atomic mass is 9.95. The van der Waals surface area contributed by atoms with Gasteiger partial charge < -0.3 is 5.32 Å². The van der Waals surface area contributed by atoms with E-state index in [1.807, 2.05) is 6.92 Å². The minimum Gasteiger partial charge on any atom is -0.325 e.